The third kappa shape index (κ3) is 13.9. The van der Waals surface area contributed by atoms with E-state index in [9.17, 15) is 0 Å². The predicted molar refractivity (Wildman–Crippen MR) is 69.1 cm³/mol. The Labute approximate surface area is 96.0 Å². The normalized spacial score (nSPS) is 12.0. The number of unbranched alkanes of at least 4 members (excludes halogenated alkanes) is 5. The quantitative estimate of drug-likeness (QED) is 0.549. The van der Waals surface area contributed by atoms with Gasteiger partial charge in [0, 0.05) is 5.54 Å². The second-order valence-electron chi connectivity index (χ2n) is 5.21. The molecule has 0 amide bonds. The fourth-order valence-corrected chi connectivity index (χ4v) is 1.71. The molecular formula is C13H30N2. The first kappa shape index (κ1) is 14.9. The zero-order chi connectivity index (χ0) is 11.6. The fourth-order valence-electron chi connectivity index (χ4n) is 1.71. The lowest BCUT2D eigenvalue weighted by Gasteiger charge is -2.17. The van der Waals surface area contributed by atoms with Crippen LogP contribution in [0.1, 0.15) is 65.7 Å². The highest BCUT2D eigenvalue weighted by Gasteiger charge is 2.08. The van der Waals surface area contributed by atoms with E-state index in [2.05, 4.69) is 26.1 Å². The maximum absolute atomic E-state index is 5.92. The van der Waals surface area contributed by atoms with Gasteiger partial charge in [0.2, 0.25) is 0 Å². The molecule has 0 unspecified atom stereocenters. The third-order valence-corrected chi connectivity index (χ3v) is 2.67. The summed E-state index contributed by atoms with van der Waals surface area (Å²) >= 11 is 0. The van der Waals surface area contributed by atoms with Gasteiger partial charge in [-0.2, -0.15) is 0 Å². The first-order valence-electron chi connectivity index (χ1n) is 6.56. The molecule has 0 saturated carbocycles. The van der Waals surface area contributed by atoms with E-state index in [4.69, 9.17) is 5.73 Å². The summed E-state index contributed by atoms with van der Waals surface area (Å²) in [4.78, 5) is 0. The van der Waals surface area contributed by atoms with Gasteiger partial charge in [0.15, 0.2) is 0 Å². The Kier molecular flexibility index (Phi) is 9.12. The molecule has 0 atom stereocenters. The zero-order valence-corrected chi connectivity index (χ0v) is 10.9. The molecule has 0 rings (SSSR count). The van der Waals surface area contributed by atoms with Gasteiger partial charge in [0.05, 0.1) is 0 Å². The van der Waals surface area contributed by atoms with E-state index in [1.165, 1.54) is 45.1 Å². The molecule has 0 aromatic rings. The third-order valence-electron chi connectivity index (χ3n) is 2.67. The highest BCUT2D eigenvalue weighted by molar-refractivity contribution is 4.70. The zero-order valence-electron chi connectivity index (χ0n) is 10.9. The summed E-state index contributed by atoms with van der Waals surface area (Å²) in [6, 6.07) is 0. The Morgan fingerprint density at radius 3 is 2.00 bits per heavy atom. The average Bonchev–Trinajstić information content (AvgIpc) is 2.14. The molecule has 0 aromatic heterocycles. The minimum Gasteiger partial charge on any atom is -0.326 e. The minimum atomic E-state index is 0.0328. The lowest BCUT2D eigenvalue weighted by molar-refractivity contribution is 0.440. The van der Waals surface area contributed by atoms with E-state index in [1.54, 1.807) is 0 Å². The number of rotatable bonds is 10. The van der Waals surface area contributed by atoms with Gasteiger partial charge in [-0.15, -0.1) is 0 Å². The van der Waals surface area contributed by atoms with Crippen LogP contribution < -0.4 is 11.1 Å². The first-order chi connectivity index (χ1) is 7.06. The van der Waals surface area contributed by atoms with Crippen LogP contribution in [-0.2, 0) is 0 Å². The van der Waals surface area contributed by atoms with Crippen LogP contribution in [-0.4, -0.2) is 18.6 Å². The van der Waals surface area contributed by atoms with E-state index >= 15 is 0 Å². The lowest BCUT2D eigenvalue weighted by atomic mass is 9.97. The Morgan fingerprint density at radius 1 is 0.933 bits per heavy atom. The van der Waals surface area contributed by atoms with Crippen molar-refractivity contribution in [2.45, 2.75) is 71.3 Å². The second kappa shape index (κ2) is 9.17. The summed E-state index contributed by atoms with van der Waals surface area (Å²) in [5.41, 5.74) is 5.96. The van der Waals surface area contributed by atoms with Gasteiger partial charge in [-0.05, 0) is 39.8 Å². The highest BCUT2D eigenvalue weighted by atomic mass is 14.8. The first-order valence-corrected chi connectivity index (χ1v) is 6.56. The molecule has 3 N–H and O–H groups in total. The van der Waals surface area contributed by atoms with Crippen LogP contribution in [0, 0.1) is 0 Å². The molecule has 0 saturated heterocycles. The smallest absolute Gasteiger partial charge is 0.00970 e. The molecule has 2 heteroatoms. The van der Waals surface area contributed by atoms with Crippen LogP contribution in [0.3, 0.4) is 0 Å². The SMILES string of the molecule is CCNCCCCCCCCC(C)(C)N. The van der Waals surface area contributed by atoms with Crippen molar-refractivity contribution >= 4 is 0 Å². The van der Waals surface area contributed by atoms with Crippen LogP contribution in [0.4, 0.5) is 0 Å². The van der Waals surface area contributed by atoms with Crippen LogP contribution in [0.2, 0.25) is 0 Å². The van der Waals surface area contributed by atoms with Crippen molar-refractivity contribution in [3.63, 3.8) is 0 Å². The van der Waals surface area contributed by atoms with E-state index in [1.807, 2.05) is 0 Å². The molecule has 0 aliphatic rings. The van der Waals surface area contributed by atoms with E-state index in [-0.39, 0.29) is 5.54 Å². The molecule has 0 aliphatic carbocycles. The molecule has 0 aliphatic heterocycles. The summed E-state index contributed by atoms with van der Waals surface area (Å²) in [6.07, 6.45) is 9.26. The minimum absolute atomic E-state index is 0.0328. The Balaban J connectivity index is 2.99. The summed E-state index contributed by atoms with van der Waals surface area (Å²) in [7, 11) is 0. The van der Waals surface area contributed by atoms with Crippen LogP contribution in [0.15, 0.2) is 0 Å². The summed E-state index contributed by atoms with van der Waals surface area (Å²) in [5, 5.41) is 3.35. The van der Waals surface area contributed by atoms with Gasteiger partial charge >= 0.3 is 0 Å². The monoisotopic (exact) mass is 214 g/mol. The fraction of sp³-hybridized carbons (Fsp3) is 1.00. The molecular weight excluding hydrogens is 184 g/mol. The largest absolute Gasteiger partial charge is 0.326 e. The van der Waals surface area contributed by atoms with E-state index in [0.717, 1.165) is 13.0 Å². The number of hydrogen-bond acceptors (Lipinski definition) is 2. The van der Waals surface area contributed by atoms with E-state index < -0.39 is 0 Å². The Bertz CT molecular complexity index is 127. The molecule has 0 radical (unpaired) electrons. The molecule has 0 heterocycles. The number of hydrogen-bond donors (Lipinski definition) is 2. The number of nitrogens with one attached hydrogen (secondary N) is 1. The average molecular weight is 214 g/mol. The summed E-state index contributed by atoms with van der Waals surface area (Å²) < 4.78 is 0. The Morgan fingerprint density at radius 2 is 1.47 bits per heavy atom. The van der Waals surface area contributed by atoms with Gasteiger partial charge in [0.1, 0.15) is 0 Å². The van der Waals surface area contributed by atoms with Gasteiger partial charge in [-0.25, -0.2) is 0 Å². The van der Waals surface area contributed by atoms with E-state index in [0.29, 0.717) is 0 Å². The van der Waals surface area contributed by atoms with Gasteiger partial charge in [-0.3, -0.25) is 0 Å². The highest BCUT2D eigenvalue weighted by Crippen LogP contribution is 2.12. The van der Waals surface area contributed by atoms with Crippen molar-refractivity contribution in [2.24, 2.45) is 5.73 Å². The summed E-state index contributed by atoms with van der Waals surface area (Å²) in [5.74, 6) is 0. The van der Waals surface area contributed by atoms with Crippen molar-refractivity contribution in [1.82, 2.24) is 5.32 Å². The number of nitrogens with two attached hydrogens (primary N) is 1. The summed E-state index contributed by atoms with van der Waals surface area (Å²) in [6.45, 7) is 8.68. The van der Waals surface area contributed by atoms with Gasteiger partial charge in [-0.1, -0.05) is 39.0 Å². The van der Waals surface area contributed by atoms with Crippen molar-refractivity contribution in [3.8, 4) is 0 Å². The Hall–Kier alpha value is -0.0800. The maximum atomic E-state index is 5.92. The standard InChI is InChI=1S/C13H30N2/c1-4-15-12-10-8-6-5-7-9-11-13(2,3)14/h15H,4-12,14H2,1-3H3. The second-order valence-corrected chi connectivity index (χ2v) is 5.21. The van der Waals surface area contributed by atoms with Crippen LogP contribution in [0.5, 0.6) is 0 Å². The molecule has 0 aromatic carbocycles. The topological polar surface area (TPSA) is 38.0 Å². The van der Waals surface area contributed by atoms with Crippen molar-refractivity contribution in [2.75, 3.05) is 13.1 Å². The van der Waals surface area contributed by atoms with Crippen molar-refractivity contribution in [3.05, 3.63) is 0 Å². The van der Waals surface area contributed by atoms with Crippen LogP contribution >= 0.6 is 0 Å². The van der Waals surface area contributed by atoms with Gasteiger partial charge < -0.3 is 11.1 Å². The molecule has 2 nitrogen and oxygen atoms in total. The van der Waals surface area contributed by atoms with Crippen LogP contribution in [0.25, 0.3) is 0 Å². The molecule has 0 spiro atoms. The molecule has 15 heavy (non-hydrogen) atoms. The van der Waals surface area contributed by atoms with Gasteiger partial charge in [0.25, 0.3) is 0 Å². The maximum Gasteiger partial charge on any atom is 0.00970 e. The van der Waals surface area contributed by atoms with Crippen molar-refractivity contribution < 1.29 is 0 Å². The predicted octanol–water partition coefficient (Wildman–Crippen LogP) is 3.06. The molecule has 92 valence electrons. The lowest BCUT2D eigenvalue weighted by Crippen LogP contribution is -2.31. The van der Waals surface area contributed by atoms with Crippen molar-refractivity contribution in [1.29, 1.82) is 0 Å². The molecule has 0 bridgehead atoms. The molecule has 0 fully saturated rings.